The second-order valence-electron chi connectivity index (χ2n) is 6.50. The first kappa shape index (κ1) is 27.2. The van der Waals surface area contributed by atoms with Gasteiger partial charge in [0, 0.05) is 6.42 Å². The van der Waals surface area contributed by atoms with E-state index in [0.717, 1.165) is 0 Å². The maximum atomic E-state index is 12.4. The molecule has 0 spiro atoms. The van der Waals surface area contributed by atoms with Crippen LogP contribution in [0.3, 0.4) is 0 Å². The zero-order valence-corrected chi connectivity index (χ0v) is 16.5. The summed E-state index contributed by atoms with van der Waals surface area (Å²) in [4.78, 5) is 79.9. The zero-order valence-electron chi connectivity index (χ0n) is 16.5. The highest BCUT2D eigenvalue weighted by molar-refractivity contribution is 5.95. The van der Waals surface area contributed by atoms with Crippen LogP contribution in [0.2, 0.25) is 0 Å². The summed E-state index contributed by atoms with van der Waals surface area (Å²) in [6.07, 6.45) is -2.44. The second kappa shape index (κ2) is 12.7. The van der Waals surface area contributed by atoms with Gasteiger partial charge in [0.05, 0.1) is 18.9 Å². The van der Waals surface area contributed by atoms with E-state index in [1.165, 1.54) is 6.92 Å². The van der Waals surface area contributed by atoms with Gasteiger partial charge in [-0.1, -0.05) is 0 Å². The number of carbonyl (C=O) groups excluding carboxylic acids is 4. The lowest BCUT2D eigenvalue weighted by Gasteiger charge is -2.23. The van der Waals surface area contributed by atoms with E-state index in [9.17, 15) is 33.6 Å². The molecule has 0 fully saturated rings. The highest BCUT2D eigenvalue weighted by atomic mass is 16.4. The number of carbonyl (C=O) groups is 7. The number of primary amides is 1. The van der Waals surface area contributed by atoms with Crippen LogP contribution in [-0.2, 0) is 33.6 Å². The van der Waals surface area contributed by atoms with Crippen molar-refractivity contribution in [2.24, 2.45) is 11.5 Å². The summed E-state index contributed by atoms with van der Waals surface area (Å²) in [6.45, 7) is 1.19. The number of amides is 4. The average molecular weight is 447 g/mol. The first-order valence-corrected chi connectivity index (χ1v) is 8.86. The minimum absolute atomic E-state index is 0.436. The lowest BCUT2D eigenvalue weighted by molar-refractivity contribution is -0.144. The van der Waals surface area contributed by atoms with E-state index >= 15 is 0 Å². The van der Waals surface area contributed by atoms with Gasteiger partial charge in [0.15, 0.2) is 0 Å². The molecule has 0 saturated carbocycles. The predicted octanol–water partition coefficient (Wildman–Crippen LogP) is -3.91. The van der Waals surface area contributed by atoms with Gasteiger partial charge >= 0.3 is 17.9 Å². The minimum Gasteiger partial charge on any atom is -0.481 e. The van der Waals surface area contributed by atoms with Crippen LogP contribution >= 0.6 is 0 Å². The predicted molar refractivity (Wildman–Crippen MR) is 100 cm³/mol. The summed E-state index contributed by atoms with van der Waals surface area (Å²) >= 11 is 0. The Morgan fingerprint density at radius 2 is 1.32 bits per heavy atom. The van der Waals surface area contributed by atoms with Gasteiger partial charge in [-0.15, -0.1) is 0 Å². The Kier molecular flexibility index (Phi) is 11.2. The third-order valence-electron chi connectivity index (χ3n) is 3.78. The van der Waals surface area contributed by atoms with Gasteiger partial charge < -0.3 is 42.7 Å². The first-order chi connectivity index (χ1) is 14.2. The third kappa shape index (κ3) is 11.1. The molecule has 0 radical (unpaired) electrons. The van der Waals surface area contributed by atoms with Gasteiger partial charge in [-0.2, -0.15) is 0 Å². The Bertz CT molecular complexity index is 740. The Hall–Kier alpha value is -3.75. The number of carboxylic acids is 3. The number of nitrogens with two attached hydrogens (primary N) is 2. The largest absolute Gasteiger partial charge is 0.481 e. The van der Waals surface area contributed by atoms with Crippen molar-refractivity contribution in [1.82, 2.24) is 16.0 Å². The smallest absolute Gasteiger partial charge is 0.326 e. The Morgan fingerprint density at radius 1 is 0.774 bits per heavy atom. The molecule has 4 unspecified atom stereocenters. The molecule has 0 aliphatic rings. The third-order valence-corrected chi connectivity index (χ3v) is 3.78. The topological polar surface area (TPSA) is 268 Å². The monoisotopic (exact) mass is 447 g/mol. The molecule has 0 aromatic carbocycles. The zero-order chi connectivity index (χ0) is 24.3. The molecule has 31 heavy (non-hydrogen) atoms. The van der Waals surface area contributed by atoms with Crippen molar-refractivity contribution < 1.29 is 48.9 Å². The van der Waals surface area contributed by atoms with E-state index in [0.29, 0.717) is 0 Å². The van der Waals surface area contributed by atoms with Crippen LogP contribution in [-0.4, -0.2) is 81.0 Å². The van der Waals surface area contributed by atoms with Gasteiger partial charge in [0.25, 0.3) is 0 Å². The van der Waals surface area contributed by atoms with Crippen LogP contribution in [0.4, 0.5) is 0 Å². The molecule has 0 aromatic rings. The highest BCUT2D eigenvalue weighted by Gasteiger charge is 2.30. The SMILES string of the molecule is CC(NC(=O)C(N)CC(=O)O)C(=O)NC(CCC(=O)O)C(=O)NC(CC(N)=O)C(=O)O. The number of carboxylic acid groups (broad SMARTS) is 3. The van der Waals surface area contributed by atoms with E-state index in [1.54, 1.807) is 0 Å². The van der Waals surface area contributed by atoms with E-state index in [4.69, 9.17) is 26.8 Å². The quantitative estimate of drug-likeness (QED) is 0.127. The Labute approximate surface area is 175 Å². The van der Waals surface area contributed by atoms with Crippen molar-refractivity contribution in [2.75, 3.05) is 0 Å². The molecule has 0 bridgehead atoms. The fraction of sp³-hybridized carbons (Fsp3) is 0.562. The molecule has 0 rings (SSSR count). The average Bonchev–Trinajstić information content (AvgIpc) is 2.62. The van der Waals surface area contributed by atoms with Crippen molar-refractivity contribution in [1.29, 1.82) is 0 Å². The molecule has 0 saturated heterocycles. The summed E-state index contributed by atoms with van der Waals surface area (Å²) in [6, 6.07) is -5.97. The summed E-state index contributed by atoms with van der Waals surface area (Å²) in [7, 11) is 0. The van der Waals surface area contributed by atoms with Crippen LogP contribution in [0.1, 0.15) is 32.6 Å². The molecule has 4 atom stereocenters. The molecular formula is C16H25N5O10. The van der Waals surface area contributed by atoms with Crippen molar-refractivity contribution in [3.8, 4) is 0 Å². The molecule has 15 nitrogen and oxygen atoms in total. The van der Waals surface area contributed by atoms with E-state index in [2.05, 4.69) is 10.6 Å². The molecule has 15 heteroatoms. The molecule has 4 amide bonds. The summed E-state index contributed by atoms with van der Waals surface area (Å²) in [5.74, 6) is -8.25. The van der Waals surface area contributed by atoms with Crippen LogP contribution < -0.4 is 27.4 Å². The maximum absolute atomic E-state index is 12.4. The Morgan fingerprint density at radius 3 is 1.77 bits per heavy atom. The molecule has 174 valence electrons. The summed E-state index contributed by atoms with van der Waals surface area (Å²) in [5.41, 5.74) is 10.3. The van der Waals surface area contributed by atoms with Crippen molar-refractivity contribution in [2.45, 2.75) is 56.8 Å². The van der Waals surface area contributed by atoms with Gasteiger partial charge in [-0.05, 0) is 13.3 Å². The number of nitrogens with one attached hydrogen (secondary N) is 3. The maximum Gasteiger partial charge on any atom is 0.326 e. The number of hydrogen-bond donors (Lipinski definition) is 8. The lowest BCUT2D eigenvalue weighted by atomic mass is 10.1. The molecule has 0 aromatic heterocycles. The number of rotatable bonds is 14. The van der Waals surface area contributed by atoms with E-state index < -0.39 is 91.4 Å². The van der Waals surface area contributed by atoms with Crippen LogP contribution in [0.15, 0.2) is 0 Å². The molecule has 0 aliphatic carbocycles. The Balaban J connectivity index is 5.21. The number of hydrogen-bond acceptors (Lipinski definition) is 8. The standard InChI is InChI=1S/C16H25N5O10/c1-6(19-14(28)7(17)4-12(25)26)13(27)20-8(2-3-11(23)24)15(29)21-9(16(30)31)5-10(18)22/h6-9H,2-5,17H2,1H3,(H2,18,22)(H,19,28)(H,20,27)(H,21,29)(H,23,24)(H,25,26)(H,30,31). The second-order valence-corrected chi connectivity index (χ2v) is 6.50. The van der Waals surface area contributed by atoms with E-state index in [1.807, 2.05) is 5.32 Å². The molecular weight excluding hydrogens is 422 g/mol. The fourth-order valence-corrected chi connectivity index (χ4v) is 2.17. The fourth-order valence-electron chi connectivity index (χ4n) is 2.17. The molecule has 10 N–H and O–H groups in total. The first-order valence-electron chi connectivity index (χ1n) is 8.86. The van der Waals surface area contributed by atoms with Crippen molar-refractivity contribution in [3.63, 3.8) is 0 Å². The highest BCUT2D eigenvalue weighted by Crippen LogP contribution is 2.02. The van der Waals surface area contributed by atoms with Gasteiger partial charge in [-0.3, -0.25) is 28.8 Å². The molecule has 0 aliphatic heterocycles. The van der Waals surface area contributed by atoms with Gasteiger partial charge in [0.1, 0.15) is 18.1 Å². The van der Waals surface area contributed by atoms with Gasteiger partial charge in [-0.25, -0.2) is 4.79 Å². The van der Waals surface area contributed by atoms with Crippen LogP contribution in [0, 0.1) is 0 Å². The lowest BCUT2D eigenvalue weighted by Crippen LogP contribution is -2.56. The minimum atomic E-state index is -1.71. The van der Waals surface area contributed by atoms with Crippen molar-refractivity contribution in [3.05, 3.63) is 0 Å². The van der Waals surface area contributed by atoms with Crippen LogP contribution in [0.25, 0.3) is 0 Å². The summed E-state index contributed by atoms with van der Waals surface area (Å²) < 4.78 is 0. The normalized spacial score (nSPS) is 14.3. The van der Waals surface area contributed by atoms with Crippen molar-refractivity contribution >= 4 is 41.5 Å². The molecule has 0 heterocycles. The van der Waals surface area contributed by atoms with Crippen LogP contribution in [0.5, 0.6) is 0 Å². The number of aliphatic carboxylic acids is 3. The van der Waals surface area contributed by atoms with Gasteiger partial charge in [0.2, 0.25) is 23.6 Å². The summed E-state index contributed by atoms with van der Waals surface area (Å²) in [5, 5.41) is 32.8. The van der Waals surface area contributed by atoms with E-state index in [-0.39, 0.29) is 0 Å².